The highest BCUT2D eigenvalue weighted by molar-refractivity contribution is 7.26. The van der Waals surface area contributed by atoms with Gasteiger partial charge in [0.15, 0.2) is 34.9 Å². The van der Waals surface area contributed by atoms with Crippen molar-refractivity contribution < 1.29 is 0 Å². The predicted molar refractivity (Wildman–Crippen MR) is 208 cm³/mol. The first-order chi connectivity index (χ1) is 26.1. The standard InChI is InChI=1S/C44H24N8S/c45-25-27-17-19-31(20-18-27)41-48-42(32-14-7-9-28(23-32)26-46)50-43(49-41)33-21-22-37-36(24-33)34-15-8-16-35(38(34)53-37)44-51-39(29-10-3-1-4-11-29)47-40(52-44)30-12-5-2-6-13-30/h1-24H. The number of fused-ring (bicyclic) bond motifs is 3. The highest BCUT2D eigenvalue weighted by Crippen LogP contribution is 2.41. The van der Waals surface area contributed by atoms with Gasteiger partial charge in [-0.3, -0.25) is 0 Å². The Bertz CT molecular complexity index is 2850. The summed E-state index contributed by atoms with van der Waals surface area (Å²) in [5, 5.41) is 21.0. The molecule has 0 amide bonds. The van der Waals surface area contributed by atoms with E-state index in [9.17, 15) is 10.5 Å². The van der Waals surface area contributed by atoms with Crippen LogP contribution < -0.4 is 0 Å². The maximum absolute atomic E-state index is 9.57. The molecule has 8 nitrogen and oxygen atoms in total. The normalized spacial score (nSPS) is 11.0. The topological polar surface area (TPSA) is 125 Å². The molecule has 0 aliphatic rings. The molecule has 0 saturated carbocycles. The first-order valence-corrected chi connectivity index (χ1v) is 17.6. The molecule has 53 heavy (non-hydrogen) atoms. The van der Waals surface area contributed by atoms with Crippen LogP contribution in [0.2, 0.25) is 0 Å². The van der Waals surface area contributed by atoms with Crippen LogP contribution in [0.3, 0.4) is 0 Å². The van der Waals surface area contributed by atoms with Crippen LogP contribution in [0.4, 0.5) is 0 Å². The van der Waals surface area contributed by atoms with Crippen LogP contribution in [-0.2, 0) is 0 Å². The van der Waals surface area contributed by atoms with E-state index in [1.807, 2.05) is 97.1 Å². The number of benzene rings is 6. The van der Waals surface area contributed by atoms with Gasteiger partial charge >= 0.3 is 0 Å². The Morgan fingerprint density at radius 1 is 0.377 bits per heavy atom. The second kappa shape index (κ2) is 13.3. The van der Waals surface area contributed by atoms with E-state index in [2.05, 4.69) is 36.4 Å². The Hall–Kier alpha value is -7.46. The Balaban J connectivity index is 1.20. The van der Waals surface area contributed by atoms with Gasteiger partial charge in [-0.15, -0.1) is 11.3 Å². The number of aromatic nitrogens is 6. The maximum atomic E-state index is 9.57. The fourth-order valence-corrected chi connectivity index (χ4v) is 7.42. The van der Waals surface area contributed by atoms with E-state index >= 15 is 0 Å². The molecule has 9 aromatic rings. The summed E-state index contributed by atoms with van der Waals surface area (Å²) >= 11 is 1.69. The summed E-state index contributed by atoms with van der Waals surface area (Å²) in [5.41, 5.74) is 6.08. The van der Waals surface area contributed by atoms with E-state index in [1.54, 1.807) is 35.6 Å². The molecule has 0 N–H and O–H groups in total. The quantitative estimate of drug-likeness (QED) is 0.168. The maximum Gasteiger partial charge on any atom is 0.165 e. The van der Waals surface area contributed by atoms with Crippen molar-refractivity contribution in [3.63, 3.8) is 0 Å². The van der Waals surface area contributed by atoms with Gasteiger partial charge in [0, 0.05) is 53.6 Å². The van der Waals surface area contributed by atoms with Crippen LogP contribution >= 0.6 is 11.3 Å². The molecule has 0 atom stereocenters. The number of hydrogen-bond donors (Lipinski definition) is 0. The third kappa shape index (κ3) is 6.04. The Morgan fingerprint density at radius 3 is 1.47 bits per heavy atom. The average molecular weight is 697 g/mol. The highest BCUT2D eigenvalue weighted by atomic mass is 32.1. The van der Waals surface area contributed by atoms with Crippen molar-refractivity contribution in [1.29, 1.82) is 10.5 Å². The van der Waals surface area contributed by atoms with Crippen molar-refractivity contribution in [3.05, 3.63) is 157 Å². The van der Waals surface area contributed by atoms with Crippen LogP contribution in [0.15, 0.2) is 146 Å². The van der Waals surface area contributed by atoms with Gasteiger partial charge in [-0.2, -0.15) is 10.5 Å². The zero-order valence-corrected chi connectivity index (χ0v) is 28.7. The molecule has 0 spiro atoms. The predicted octanol–water partition coefficient (Wildman–Crippen LogP) is 10.2. The van der Waals surface area contributed by atoms with Crippen LogP contribution in [-0.4, -0.2) is 29.9 Å². The molecule has 0 aliphatic heterocycles. The molecule has 0 unspecified atom stereocenters. The summed E-state index contributed by atoms with van der Waals surface area (Å²) in [6.45, 7) is 0. The van der Waals surface area contributed by atoms with Gasteiger partial charge in [0.2, 0.25) is 0 Å². The largest absolute Gasteiger partial charge is 0.208 e. The minimum atomic E-state index is 0.447. The minimum absolute atomic E-state index is 0.447. The lowest BCUT2D eigenvalue weighted by Gasteiger charge is -2.09. The summed E-state index contributed by atoms with van der Waals surface area (Å²) < 4.78 is 2.16. The van der Waals surface area contributed by atoms with Gasteiger partial charge in [-0.05, 0) is 60.7 Å². The van der Waals surface area contributed by atoms with Crippen LogP contribution in [0.25, 0.3) is 88.5 Å². The van der Waals surface area contributed by atoms with Gasteiger partial charge in [-0.1, -0.05) is 84.9 Å². The van der Waals surface area contributed by atoms with Gasteiger partial charge in [0.25, 0.3) is 0 Å². The Labute approximate surface area is 308 Å². The molecule has 0 aliphatic carbocycles. The first-order valence-electron chi connectivity index (χ1n) is 16.7. The van der Waals surface area contributed by atoms with Crippen molar-refractivity contribution in [3.8, 4) is 80.5 Å². The molecule has 0 radical (unpaired) electrons. The first kappa shape index (κ1) is 31.5. The summed E-state index contributed by atoms with van der Waals surface area (Å²) in [5.74, 6) is 3.23. The van der Waals surface area contributed by atoms with Gasteiger partial charge in [-0.25, -0.2) is 29.9 Å². The molecule has 0 fully saturated rings. The number of thiophene rings is 1. The summed E-state index contributed by atoms with van der Waals surface area (Å²) in [6, 6.07) is 51.1. The number of nitrogens with zero attached hydrogens (tertiary/aromatic N) is 8. The van der Waals surface area contributed by atoms with Gasteiger partial charge < -0.3 is 0 Å². The zero-order chi connectivity index (χ0) is 35.7. The Kier molecular flexibility index (Phi) is 7.94. The molecular formula is C44H24N8S. The summed E-state index contributed by atoms with van der Waals surface area (Å²) in [4.78, 5) is 29.5. The molecular weight excluding hydrogens is 673 g/mol. The molecule has 246 valence electrons. The highest BCUT2D eigenvalue weighted by Gasteiger charge is 2.18. The van der Waals surface area contributed by atoms with E-state index in [-0.39, 0.29) is 0 Å². The molecule has 9 rings (SSSR count). The molecule has 9 heteroatoms. The minimum Gasteiger partial charge on any atom is -0.208 e. The van der Waals surface area contributed by atoms with E-state index in [0.717, 1.165) is 48.0 Å². The molecule has 6 aromatic carbocycles. The average Bonchev–Trinajstić information content (AvgIpc) is 3.62. The van der Waals surface area contributed by atoms with E-state index < -0.39 is 0 Å². The lowest BCUT2D eigenvalue weighted by Crippen LogP contribution is -2.00. The lowest BCUT2D eigenvalue weighted by molar-refractivity contribution is 1.07. The summed E-state index contributed by atoms with van der Waals surface area (Å²) in [7, 11) is 0. The number of nitriles is 2. The smallest absolute Gasteiger partial charge is 0.165 e. The molecule has 3 aromatic heterocycles. The van der Waals surface area contributed by atoms with E-state index in [1.165, 1.54) is 0 Å². The monoisotopic (exact) mass is 696 g/mol. The molecule has 0 bridgehead atoms. The Morgan fingerprint density at radius 2 is 0.868 bits per heavy atom. The van der Waals surface area contributed by atoms with Crippen LogP contribution in [0.5, 0.6) is 0 Å². The van der Waals surface area contributed by atoms with E-state index in [0.29, 0.717) is 51.6 Å². The van der Waals surface area contributed by atoms with Crippen molar-refractivity contribution in [2.75, 3.05) is 0 Å². The second-order valence-corrected chi connectivity index (χ2v) is 13.3. The molecule has 0 saturated heterocycles. The van der Waals surface area contributed by atoms with E-state index in [4.69, 9.17) is 29.9 Å². The fraction of sp³-hybridized carbons (Fsp3) is 0. The van der Waals surface area contributed by atoms with Crippen molar-refractivity contribution in [2.24, 2.45) is 0 Å². The van der Waals surface area contributed by atoms with Crippen LogP contribution in [0, 0.1) is 22.7 Å². The SMILES string of the molecule is N#Cc1ccc(-c2nc(-c3cccc(C#N)c3)nc(-c3ccc4sc5c(-c6nc(-c7ccccc7)nc(-c7ccccc7)n6)cccc5c4c3)n2)cc1. The van der Waals surface area contributed by atoms with Crippen LogP contribution in [0.1, 0.15) is 11.1 Å². The van der Waals surface area contributed by atoms with Gasteiger partial charge in [0.1, 0.15) is 0 Å². The van der Waals surface area contributed by atoms with Crippen molar-refractivity contribution in [1.82, 2.24) is 29.9 Å². The van der Waals surface area contributed by atoms with Crippen molar-refractivity contribution in [2.45, 2.75) is 0 Å². The second-order valence-electron chi connectivity index (χ2n) is 12.2. The third-order valence-electron chi connectivity index (χ3n) is 8.85. The van der Waals surface area contributed by atoms with Crippen molar-refractivity contribution >= 4 is 31.5 Å². The number of hydrogen-bond acceptors (Lipinski definition) is 9. The number of rotatable bonds is 6. The third-order valence-corrected chi connectivity index (χ3v) is 10.1. The fourth-order valence-electron chi connectivity index (χ4n) is 6.23. The summed E-state index contributed by atoms with van der Waals surface area (Å²) in [6.07, 6.45) is 0. The molecule has 3 heterocycles. The van der Waals surface area contributed by atoms with Gasteiger partial charge in [0.05, 0.1) is 23.3 Å². The zero-order valence-electron chi connectivity index (χ0n) is 27.8. The lowest BCUT2D eigenvalue weighted by atomic mass is 10.1.